The summed E-state index contributed by atoms with van der Waals surface area (Å²) in [6.45, 7) is 5.30. The highest BCUT2D eigenvalue weighted by Crippen LogP contribution is 2.24. The van der Waals surface area contributed by atoms with E-state index < -0.39 is 21.5 Å². The van der Waals surface area contributed by atoms with Crippen LogP contribution in [-0.4, -0.2) is 35.8 Å². The van der Waals surface area contributed by atoms with Gasteiger partial charge in [-0.3, -0.25) is 4.79 Å². The number of nitrogens with one attached hydrogen (secondary N) is 1. The van der Waals surface area contributed by atoms with Crippen molar-refractivity contribution in [2.45, 2.75) is 36.4 Å². The maximum atomic E-state index is 12.2. The van der Waals surface area contributed by atoms with Gasteiger partial charge in [0.05, 0.1) is 10.6 Å². The minimum absolute atomic E-state index is 0.0390. The van der Waals surface area contributed by atoms with Crippen molar-refractivity contribution in [1.82, 2.24) is 14.9 Å². The van der Waals surface area contributed by atoms with Crippen LogP contribution in [0.2, 0.25) is 0 Å². The molecule has 1 aromatic heterocycles. The Balaban J connectivity index is 2.16. The quantitative estimate of drug-likeness (QED) is 0.735. The van der Waals surface area contributed by atoms with E-state index in [4.69, 9.17) is 10.2 Å². The first-order chi connectivity index (χ1) is 11.1. The van der Waals surface area contributed by atoms with Crippen molar-refractivity contribution >= 4 is 27.7 Å². The topological polar surface area (TPSA) is 128 Å². The third-order valence-corrected chi connectivity index (χ3v) is 5.21. The van der Waals surface area contributed by atoms with Crippen LogP contribution in [-0.2, 0) is 14.8 Å². The molecule has 2 rings (SSSR count). The molecule has 8 nitrogen and oxygen atoms in total. The third kappa shape index (κ3) is 5.05. The molecule has 10 heteroatoms. The molecule has 0 aliphatic heterocycles. The zero-order chi connectivity index (χ0) is 18.0. The van der Waals surface area contributed by atoms with E-state index in [0.717, 1.165) is 11.8 Å². The van der Waals surface area contributed by atoms with Crippen LogP contribution in [0.1, 0.15) is 20.8 Å². The minimum atomic E-state index is -3.60. The fourth-order valence-corrected chi connectivity index (χ4v) is 3.68. The van der Waals surface area contributed by atoms with E-state index in [1.165, 1.54) is 12.1 Å². The van der Waals surface area contributed by atoms with Gasteiger partial charge >= 0.3 is 0 Å². The first kappa shape index (κ1) is 18.4. The summed E-state index contributed by atoms with van der Waals surface area (Å²) >= 11 is 1.04. The van der Waals surface area contributed by atoms with Crippen LogP contribution in [0, 0.1) is 0 Å². The molecule has 0 spiro atoms. The van der Waals surface area contributed by atoms with Gasteiger partial charge in [0, 0.05) is 11.1 Å². The van der Waals surface area contributed by atoms with Crippen LogP contribution < -0.4 is 10.5 Å². The van der Waals surface area contributed by atoms with E-state index in [-0.39, 0.29) is 21.8 Å². The lowest BCUT2D eigenvalue weighted by molar-refractivity contribution is -0.115. The van der Waals surface area contributed by atoms with Crippen LogP contribution in [0.5, 0.6) is 0 Å². The average Bonchev–Trinajstić information content (AvgIpc) is 2.91. The van der Waals surface area contributed by atoms with Gasteiger partial charge in [0.25, 0.3) is 5.22 Å². The molecular weight excluding hydrogens is 352 g/mol. The Kier molecular flexibility index (Phi) is 5.31. The molecule has 24 heavy (non-hydrogen) atoms. The molecule has 1 aromatic carbocycles. The van der Waals surface area contributed by atoms with Crippen molar-refractivity contribution in [3.63, 3.8) is 0 Å². The molecule has 1 amide bonds. The molecule has 0 saturated heterocycles. The second kappa shape index (κ2) is 6.91. The molecule has 3 N–H and O–H groups in total. The van der Waals surface area contributed by atoms with E-state index in [1.807, 2.05) is 0 Å². The van der Waals surface area contributed by atoms with Crippen molar-refractivity contribution < 1.29 is 17.6 Å². The van der Waals surface area contributed by atoms with Crippen molar-refractivity contribution in [3.05, 3.63) is 24.3 Å². The molecule has 0 aliphatic carbocycles. The highest BCUT2D eigenvalue weighted by molar-refractivity contribution is 7.99. The minimum Gasteiger partial charge on any atom is -0.411 e. The third-order valence-electron chi connectivity index (χ3n) is 2.60. The molecule has 1 heterocycles. The van der Waals surface area contributed by atoms with Crippen molar-refractivity contribution in [2.24, 2.45) is 5.73 Å². The van der Waals surface area contributed by atoms with Crippen LogP contribution >= 0.6 is 11.8 Å². The van der Waals surface area contributed by atoms with Gasteiger partial charge in [-0.1, -0.05) is 11.8 Å². The second-order valence-electron chi connectivity index (χ2n) is 6.01. The largest absolute Gasteiger partial charge is 0.411 e. The van der Waals surface area contributed by atoms with Gasteiger partial charge < -0.3 is 10.2 Å². The molecule has 0 atom stereocenters. The van der Waals surface area contributed by atoms with Gasteiger partial charge in [-0.25, -0.2) is 13.1 Å². The normalized spacial score (nSPS) is 12.3. The van der Waals surface area contributed by atoms with E-state index in [9.17, 15) is 13.2 Å². The highest BCUT2D eigenvalue weighted by atomic mass is 32.2. The van der Waals surface area contributed by atoms with Gasteiger partial charge in [0.2, 0.25) is 21.8 Å². The van der Waals surface area contributed by atoms with Gasteiger partial charge in [-0.05, 0) is 45.0 Å². The average molecular weight is 370 g/mol. The highest BCUT2D eigenvalue weighted by Gasteiger charge is 2.22. The predicted octanol–water partition coefficient (Wildman–Crippen LogP) is 1.39. The van der Waals surface area contributed by atoms with Crippen LogP contribution in [0.4, 0.5) is 0 Å². The number of carbonyl (C=O) groups excluding carboxylic acids is 1. The van der Waals surface area contributed by atoms with Gasteiger partial charge in [-0.15, -0.1) is 10.2 Å². The van der Waals surface area contributed by atoms with Crippen LogP contribution in [0.25, 0.3) is 11.5 Å². The first-order valence-corrected chi connectivity index (χ1v) is 9.43. The number of primary amides is 1. The Morgan fingerprint density at radius 3 is 2.42 bits per heavy atom. The Hall–Kier alpha value is -1.91. The van der Waals surface area contributed by atoms with Crippen molar-refractivity contribution in [2.75, 3.05) is 5.75 Å². The number of hydrogen-bond donors (Lipinski definition) is 2. The Bertz CT molecular complexity index is 823. The molecular formula is C14H18N4O4S2. The van der Waals surface area contributed by atoms with E-state index in [2.05, 4.69) is 14.9 Å². The zero-order valence-electron chi connectivity index (χ0n) is 13.4. The van der Waals surface area contributed by atoms with Gasteiger partial charge in [0.1, 0.15) is 0 Å². The number of benzene rings is 1. The number of sulfonamides is 1. The fourth-order valence-electron chi connectivity index (χ4n) is 1.76. The second-order valence-corrected chi connectivity index (χ2v) is 8.62. The molecule has 2 aromatic rings. The predicted molar refractivity (Wildman–Crippen MR) is 89.7 cm³/mol. The maximum Gasteiger partial charge on any atom is 0.277 e. The zero-order valence-corrected chi connectivity index (χ0v) is 15.1. The lowest BCUT2D eigenvalue weighted by Gasteiger charge is -2.20. The number of nitrogens with two attached hydrogens (primary N) is 1. The number of nitrogens with zero attached hydrogens (tertiary/aromatic N) is 2. The number of hydrogen-bond acceptors (Lipinski definition) is 7. The van der Waals surface area contributed by atoms with Crippen LogP contribution in [0.15, 0.2) is 38.8 Å². The fraction of sp³-hybridized carbons (Fsp3) is 0.357. The lowest BCUT2D eigenvalue weighted by Crippen LogP contribution is -2.40. The Labute approximate surface area is 144 Å². The number of aromatic nitrogens is 2. The Morgan fingerprint density at radius 2 is 1.88 bits per heavy atom. The maximum absolute atomic E-state index is 12.2. The molecule has 0 bridgehead atoms. The summed E-state index contributed by atoms with van der Waals surface area (Å²) < 4.78 is 32.4. The number of rotatable bonds is 6. The summed E-state index contributed by atoms with van der Waals surface area (Å²) in [6, 6.07) is 6.08. The monoisotopic (exact) mass is 370 g/mol. The standard InChI is InChI=1S/C14H18N4O4S2/c1-14(2,3)18-24(20,21)10-6-4-9(5-7-10)12-16-17-13(22-12)23-8-11(15)19/h4-7,18H,8H2,1-3H3,(H2,15,19). The first-order valence-electron chi connectivity index (χ1n) is 6.96. The summed E-state index contributed by atoms with van der Waals surface area (Å²) in [4.78, 5) is 10.9. The lowest BCUT2D eigenvalue weighted by atomic mass is 10.1. The molecule has 130 valence electrons. The SMILES string of the molecule is CC(C)(C)NS(=O)(=O)c1ccc(-c2nnc(SCC(N)=O)o2)cc1. The molecule has 0 aliphatic rings. The summed E-state index contributed by atoms with van der Waals surface area (Å²) in [5.41, 5.74) is 5.05. The van der Waals surface area contributed by atoms with Crippen molar-refractivity contribution in [1.29, 1.82) is 0 Å². The summed E-state index contributed by atoms with van der Waals surface area (Å²) in [5, 5.41) is 7.87. The summed E-state index contributed by atoms with van der Waals surface area (Å²) in [6.07, 6.45) is 0. The Morgan fingerprint density at radius 1 is 1.25 bits per heavy atom. The van der Waals surface area contributed by atoms with E-state index in [1.54, 1.807) is 32.9 Å². The summed E-state index contributed by atoms with van der Waals surface area (Å²) in [5.74, 6) is -0.215. The van der Waals surface area contributed by atoms with E-state index >= 15 is 0 Å². The molecule has 0 radical (unpaired) electrons. The molecule has 0 unspecified atom stereocenters. The van der Waals surface area contributed by atoms with Crippen LogP contribution in [0.3, 0.4) is 0 Å². The smallest absolute Gasteiger partial charge is 0.277 e. The number of thioether (sulfide) groups is 1. The van der Waals surface area contributed by atoms with Gasteiger partial charge in [0.15, 0.2) is 0 Å². The number of amides is 1. The van der Waals surface area contributed by atoms with E-state index in [0.29, 0.717) is 5.56 Å². The van der Waals surface area contributed by atoms with Crippen molar-refractivity contribution in [3.8, 4) is 11.5 Å². The molecule has 0 saturated carbocycles. The molecule has 0 fully saturated rings. The summed E-state index contributed by atoms with van der Waals surface area (Å²) in [7, 11) is -3.60. The van der Waals surface area contributed by atoms with Gasteiger partial charge in [-0.2, -0.15) is 0 Å². The number of carbonyl (C=O) groups is 1.